The zero-order valence-electron chi connectivity index (χ0n) is 9.16. The van der Waals surface area contributed by atoms with Gasteiger partial charge in [0.1, 0.15) is 0 Å². The maximum absolute atomic E-state index is 11.4. The molecule has 0 aliphatic heterocycles. The van der Waals surface area contributed by atoms with Crippen LogP contribution in [0.2, 0.25) is 5.02 Å². The third kappa shape index (κ3) is 4.51. The predicted molar refractivity (Wildman–Crippen MR) is 66.7 cm³/mol. The Balaban J connectivity index is 2.37. The summed E-state index contributed by atoms with van der Waals surface area (Å²) in [6.07, 6.45) is 0.746. The van der Waals surface area contributed by atoms with E-state index in [0.717, 1.165) is 6.42 Å². The number of hydrogen-bond acceptors (Lipinski definition) is 2. The molecular weight excluding hydrogens is 226 g/mol. The number of anilines is 1. The molecule has 0 saturated carbocycles. The molecule has 0 aliphatic rings. The standard InChI is InChI=1S/C11H16ClN3O/c1-8(13)6-7-14-11(16)15-10-5-3-2-4-9(10)12/h2-5,8H,6-7,13H2,1H3,(H2,14,15,16). The molecule has 0 bridgehead atoms. The van der Waals surface area contributed by atoms with Gasteiger partial charge in [-0.25, -0.2) is 4.79 Å². The van der Waals surface area contributed by atoms with Gasteiger partial charge in [-0.2, -0.15) is 0 Å². The van der Waals surface area contributed by atoms with Crippen molar-refractivity contribution >= 4 is 23.3 Å². The summed E-state index contributed by atoms with van der Waals surface area (Å²) < 4.78 is 0. The minimum Gasteiger partial charge on any atom is -0.338 e. The monoisotopic (exact) mass is 241 g/mol. The third-order valence-electron chi connectivity index (χ3n) is 2.01. The molecule has 1 aromatic carbocycles. The van der Waals surface area contributed by atoms with Crippen molar-refractivity contribution < 1.29 is 4.79 Å². The van der Waals surface area contributed by atoms with Gasteiger partial charge in [-0.05, 0) is 25.5 Å². The van der Waals surface area contributed by atoms with E-state index in [1.165, 1.54) is 0 Å². The van der Waals surface area contributed by atoms with E-state index in [-0.39, 0.29) is 12.1 Å². The van der Waals surface area contributed by atoms with E-state index in [2.05, 4.69) is 10.6 Å². The Labute approximate surface area is 100 Å². The summed E-state index contributed by atoms with van der Waals surface area (Å²) in [6.45, 7) is 2.45. The fourth-order valence-electron chi connectivity index (χ4n) is 1.14. The number of hydrogen-bond donors (Lipinski definition) is 3. The fourth-order valence-corrected chi connectivity index (χ4v) is 1.33. The second kappa shape index (κ2) is 6.35. The second-order valence-corrected chi connectivity index (χ2v) is 4.03. The molecular formula is C11H16ClN3O. The van der Waals surface area contributed by atoms with Crippen molar-refractivity contribution in [2.75, 3.05) is 11.9 Å². The van der Waals surface area contributed by atoms with Gasteiger partial charge in [-0.3, -0.25) is 0 Å². The fraction of sp³-hybridized carbons (Fsp3) is 0.364. The van der Waals surface area contributed by atoms with E-state index in [4.69, 9.17) is 17.3 Å². The molecule has 1 aromatic rings. The zero-order chi connectivity index (χ0) is 12.0. The van der Waals surface area contributed by atoms with Crippen LogP contribution in [-0.2, 0) is 0 Å². The number of para-hydroxylation sites is 1. The van der Waals surface area contributed by atoms with Crippen LogP contribution in [0.4, 0.5) is 10.5 Å². The van der Waals surface area contributed by atoms with Gasteiger partial charge in [0.2, 0.25) is 0 Å². The summed E-state index contributed by atoms with van der Waals surface area (Å²) in [5.41, 5.74) is 6.16. The lowest BCUT2D eigenvalue weighted by Gasteiger charge is -2.09. The topological polar surface area (TPSA) is 67.1 Å². The highest BCUT2D eigenvalue weighted by atomic mass is 35.5. The summed E-state index contributed by atoms with van der Waals surface area (Å²) in [5, 5.41) is 5.88. The normalized spacial score (nSPS) is 11.9. The van der Waals surface area contributed by atoms with Gasteiger partial charge < -0.3 is 16.4 Å². The van der Waals surface area contributed by atoms with Gasteiger partial charge in [0.25, 0.3) is 0 Å². The highest BCUT2D eigenvalue weighted by molar-refractivity contribution is 6.33. The van der Waals surface area contributed by atoms with Crippen molar-refractivity contribution in [1.29, 1.82) is 0 Å². The van der Waals surface area contributed by atoms with Crippen molar-refractivity contribution in [3.05, 3.63) is 29.3 Å². The maximum atomic E-state index is 11.4. The van der Waals surface area contributed by atoms with E-state index in [1.54, 1.807) is 12.1 Å². The molecule has 0 heterocycles. The van der Waals surface area contributed by atoms with Crippen LogP contribution < -0.4 is 16.4 Å². The lowest BCUT2D eigenvalue weighted by Crippen LogP contribution is -2.32. The molecule has 0 aromatic heterocycles. The molecule has 5 heteroatoms. The van der Waals surface area contributed by atoms with E-state index in [1.807, 2.05) is 19.1 Å². The third-order valence-corrected chi connectivity index (χ3v) is 2.34. The summed E-state index contributed by atoms with van der Waals surface area (Å²) >= 11 is 5.89. The number of nitrogens with one attached hydrogen (secondary N) is 2. The maximum Gasteiger partial charge on any atom is 0.319 e. The SMILES string of the molecule is CC(N)CCNC(=O)Nc1ccccc1Cl. The van der Waals surface area contributed by atoms with E-state index in [9.17, 15) is 4.79 Å². The van der Waals surface area contributed by atoms with Gasteiger partial charge in [0, 0.05) is 12.6 Å². The molecule has 0 saturated heterocycles. The van der Waals surface area contributed by atoms with Crippen molar-refractivity contribution in [2.45, 2.75) is 19.4 Å². The first kappa shape index (κ1) is 12.8. The highest BCUT2D eigenvalue weighted by Gasteiger charge is 2.04. The molecule has 0 aliphatic carbocycles. The Morgan fingerprint density at radius 3 is 2.81 bits per heavy atom. The Morgan fingerprint density at radius 2 is 2.19 bits per heavy atom. The molecule has 1 rings (SSSR count). The summed E-state index contributed by atoms with van der Waals surface area (Å²) in [4.78, 5) is 11.4. The van der Waals surface area contributed by atoms with Crippen LogP contribution in [0.15, 0.2) is 24.3 Å². The lowest BCUT2D eigenvalue weighted by molar-refractivity contribution is 0.252. The van der Waals surface area contributed by atoms with Crippen molar-refractivity contribution in [3.63, 3.8) is 0 Å². The summed E-state index contributed by atoms with van der Waals surface area (Å²) in [6, 6.07) is 6.90. The molecule has 4 N–H and O–H groups in total. The van der Waals surface area contributed by atoms with E-state index >= 15 is 0 Å². The Hall–Kier alpha value is -1.26. The molecule has 1 unspecified atom stereocenters. The molecule has 88 valence electrons. The van der Waals surface area contributed by atoms with Crippen LogP contribution in [0, 0.1) is 0 Å². The molecule has 2 amide bonds. The number of benzene rings is 1. The minimum absolute atomic E-state index is 0.0839. The van der Waals surface area contributed by atoms with Crippen LogP contribution in [0.1, 0.15) is 13.3 Å². The highest BCUT2D eigenvalue weighted by Crippen LogP contribution is 2.19. The Bertz CT molecular complexity index is 355. The molecule has 4 nitrogen and oxygen atoms in total. The number of amides is 2. The Morgan fingerprint density at radius 1 is 1.50 bits per heavy atom. The van der Waals surface area contributed by atoms with Crippen molar-refractivity contribution in [3.8, 4) is 0 Å². The largest absolute Gasteiger partial charge is 0.338 e. The predicted octanol–water partition coefficient (Wildman–Crippen LogP) is 2.20. The number of carbonyl (C=O) groups is 1. The molecule has 16 heavy (non-hydrogen) atoms. The average Bonchev–Trinajstić information content (AvgIpc) is 2.21. The first-order valence-electron chi connectivity index (χ1n) is 5.14. The summed E-state index contributed by atoms with van der Waals surface area (Å²) in [5.74, 6) is 0. The van der Waals surface area contributed by atoms with Crippen molar-refractivity contribution in [1.82, 2.24) is 5.32 Å². The van der Waals surface area contributed by atoms with Crippen LogP contribution in [0.5, 0.6) is 0 Å². The van der Waals surface area contributed by atoms with Gasteiger partial charge in [-0.1, -0.05) is 23.7 Å². The van der Waals surface area contributed by atoms with Crippen LogP contribution >= 0.6 is 11.6 Å². The number of rotatable bonds is 4. The first-order chi connectivity index (χ1) is 7.59. The smallest absolute Gasteiger partial charge is 0.319 e. The average molecular weight is 242 g/mol. The van der Waals surface area contributed by atoms with Gasteiger partial charge >= 0.3 is 6.03 Å². The molecule has 0 radical (unpaired) electrons. The second-order valence-electron chi connectivity index (χ2n) is 3.63. The first-order valence-corrected chi connectivity index (χ1v) is 5.52. The number of nitrogens with two attached hydrogens (primary N) is 1. The number of carbonyl (C=O) groups excluding carboxylic acids is 1. The van der Waals surface area contributed by atoms with Gasteiger partial charge in [-0.15, -0.1) is 0 Å². The number of halogens is 1. The van der Waals surface area contributed by atoms with E-state index < -0.39 is 0 Å². The van der Waals surface area contributed by atoms with Crippen LogP contribution in [0.25, 0.3) is 0 Å². The molecule has 0 spiro atoms. The summed E-state index contributed by atoms with van der Waals surface area (Å²) in [7, 11) is 0. The van der Waals surface area contributed by atoms with Gasteiger partial charge in [0.15, 0.2) is 0 Å². The zero-order valence-corrected chi connectivity index (χ0v) is 9.92. The molecule has 1 atom stereocenters. The quantitative estimate of drug-likeness (QED) is 0.757. The number of urea groups is 1. The Kier molecular flexibility index (Phi) is 5.08. The van der Waals surface area contributed by atoms with Crippen molar-refractivity contribution in [2.24, 2.45) is 5.73 Å². The minimum atomic E-state index is -0.270. The lowest BCUT2D eigenvalue weighted by atomic mass is 10.2. The van der Waals surface area contributed by atoms with Gasteiger partial charge in [0.05, 0.1) is 10.7 Å². The van der Waals surface area contributed by atoms with E-state index in [0.29, 0.717) is 17.3 Å². The van der Waals surface area contributed by atoms with Crippen LogP contribution in [0.3, 0.4) is 0 Å². The van der Waals surface area contributed by atoms with Crippen LogP contribution in [-0.4, -0.2) is 18.6 Å². The molecule has 0 fully saturated rings.